The number of esters is 1. The van der Waals surface area contributed by atoms with Crippen LogP contribution in [0.25, 0.3) is 0 Å². The van der Waals surface area contributed by atoms with Gasteiger partial charge in [-0.3, -0.25) is 4.79 Å². The summed E-state index contributed by atoms with van der Waals surface area (Å²) in [4.78, 5) is 10.9. The van der Waals surface area contributed by atoms with Gasteiger partial charge in [-0.2, -0.15) is 0 Å². The zero-order valence-electron chi connectivity index (χ0n) is 10.2. The Labute approximate surface area is 101 Å². The monoisotopic (exact) mass is 238 g/mol. The highest BCUT2D eigenvalue weighted by Crippen LogP contribution is 2.24. The first-order valence-corrected chi connectivity index (χ1v) is 5.61. The molecule has 0 aliphatic rings. The number of ether oxygens (including phenoxy) is 2. The first-order chi connectivity index (χ1) is 8.15. The molecule has 0 aliphatic heterocycles. The van der Waals surface area contributed by atoms with E-state index in [0.29, 0.717) is 25.2 Å². The number of carbonyl (C=O) groups excluding carboxylic acids is 1. The van der Waals surface area contributed by atoms with E-state index in [1.165, 1.54) is 7.11 Å². The average Bonchev–Trinajstić information content (AvgIpc) is 2.34. The van der Waals surface area contributed by atoms with E-state index < -0.39 is 6.10 Å². The fourth-order valence-electron chi connectivity index (χ4n) is 1.46. The minimum absolute atomic E-state index is 0.239. The van der Waals surface area contributed by atoms with E-state index in [1.807, 2.05) is 18.2 Å². The number of aliphatic hydroxyl groups is 1. The van der Waals surface area contributed by atoms with Crippen LogP contribution in [0.3, 0.4) is 0 Å². The zero-order valence-corrected chi connectivity index (χ0v) is 10.2. The van der Waals surface area contributed by atoms with Crippen molar-refractivity contribution in [1.82, 2.24) is 0 Å². The van der Waals surface area contributed by atoms with Crippen molar-refractivity contribution < 1.29 is 19.4 Å². The molecule has 4 heteroatoms. The molecule has 0 aromatic heterocycles. The predicted octanol–water partition coefficient (Wildman–Crippen LogP) is 2.07. The van der Waals surface area contributed by atoms with E-state index in [0.717, 1.165) is 5.56 Å². The lowest BCUT2D eigenvalue weighted by molar-refractivity contribution is -0.140. The third-order valence-corrected chi connectivity index (χ3v) is 2.38. The van der Waals surface area contributed by atoms with Gasteiger partial charge < -0.3 is 14.6 Å². The molecule has 0 bridgehead atoms. The van der Waals surface area contributed by atoms with Crippen molar-refractivity contribution in [2.24, 2.45) is 0 Å². The Balaban J connectivity index is 2.44. The summed E-state index contributed by atoms with van der Waals surface area (Å²) in [5, 5.41) is 9.53. The lowest BCUT2D eigenvalue weighted by Crippen LogP contribution is -2.06. The van der Waals surface area contributed by atoms with Crippen LogP contribution in [-0.2, 0) is 9.53 Å². The number of methoxy groups -OCH3 is 1. The Morgan fingerprint density at radius 1 is 1.41 bits per heavy atom. The van der Waals surface area contributed by atoms with E-state index in [-0.39, 0.29) is 5.97 Å². The maximum atomic E-state index is 10.9. The van der Waals surface area contributed by atoms with E-state index in [9.17, 15) is 9.90 Å². The topological polar surface area (TPSA) is 55.8 Å². The van der Waals surface area contributed by atoms with Crippen molar-refractivity contribution in [1.29, 1.82) is 0 Å². The van der Waals surface area contributed by atoms with Crippen LogP contribution in [0, 0.1) is 0 Å². The summed E-state index contributed by atoms with van der Waals surface area (Å²) >= 11 is 0. The third-order valence-electron chi connectivity index (χ3n) is 2.38. The smallest absolute Gasteiger partial charge is 0.305 e. The molecule has 94 valence electrons. The number of hydrogen-bond acceptors (Lipinski definition) is 4. The van der Waals surface area contributed by atoms with Crippen LogP contribution >= 0.6 is 0 Å². The van der Waals surface area contributed by atoms with Crippen LogP contribution in [-0.4, -0.2) is 24.8 Å². The SMILES string of the molecule is COC(=O)CCCOc1ccccc1C(C)O. The average molecular weight is 238 g/mol. The van der Waals surface area contributed by atoms with E-state index in [1.54, 1.807) is 13.0 Å². The minimum atomic E-state index is -0.563. The number of benzene rings is 1. The molecule has 4 nitrogen and oxygen atoms in total. The van der Waals surface area contributed by atoms with Crippen LogP contribution in [0.2, 0.25) is 0 Å². The molecule has 1 N–H and O–H groups in total. The van der Waals surface area contributed by atoms with Crippen molar-refractivity contribution in [3.8, 4) is 5.75 Å². The quantitative estimate of drug-likeness (QED) is 0.609. The lowest BCUT2D eigenvalue weighted by atomic mass is 10.1. The maximum absolute atomic E-state index is 10.9. The molecule has 1 aromatic carbocycles. The third kappa shape index (κ3) is 4.44. The molecule has 1 rings (SSSR count). The molecular formula is C13H18O4. The summed E-state index contributed by atoms with van der Waals surface area (Å²) < 4.78 is 10.1. The van der Waals surface area contributed by atoms with Gasteiger partial charge in [0.2, 0.25) is 0 Å². The van der Waals surface area contributed by atoms with Crippen molar-refractivity contribution in [3.63, 3.8) is 0 Å². The fraction of sp³-hybridized carbons (Fsp3) is 0.462. The summed E-state index contributed by atoms with van der Waals surface area (Å²) in [7, 11) is 1.37. The number of rotatable bonds is 6. The molecule has 1 atom stereocenters. The van der Waals surface area contributed by atoms with Gasteiger partial charge in [0.1, 0.15) is 5.75 Å². The van der Waals surface area contributed by atoms with Gasteiger partial charge in [0.25, 0.3) is 0 Å². The highest BCUT2D eigenvalue weighted by molar-refractivity contribution is 5.69. The minimum Gasteiger partial charge on any atom is -0.493 e. The largest absolute Gasteiger partial charge is 0.493 e. The van der Waals surface area contributed by atoms with Gasteiger partial charge in [-0.25, -0.2) is 0 Å². The summed E-state index contributed by atoms with van der Waals surface area (Å²) in [5.74, 6) is 0.421. The fourth-order valence-corrected chi connectivity index (χ4v) is 1.46. The molecule has 0 aliphatic carbocycles. The first-order valence-electron chi connectivity index (χ1n) is 5.61. The van der Waals surface area contributed by atoms with Gasteiger partial charge in [0.15, 0.2) is 0 Å². The van der Waals surface area contributed by atoms with Crippen LogP contribution in [0.15, 0.2) is 24.3 Å². The van der Waals surface area contributed by atoms with E-state index >= 15 is 0 Å². The molecule has 0 amide bonds. The van der Waals surface area contributed by atoms with Gasteiger partial charge in [-0.1, -0.05) is 18.2 Å². The Bertz CT molecular complexity index is 360. The lowest BCUT2D eigenvalue weighted by Gasteiger charge is -2.12. The molecule has 0 saturated heterocycles. The van der Waals surface area contributed by atoms with Crippen LogP contribution < -0.4 is 4.74 Å². The number of para-hydroxylation sites is 1. The van der Waals surface area contributed by atoms with Gasteiger partial charge in [-0.15, -0.1) is 0 Å². The Morgan fingerprint density at radius 3 is 2.76 bits per heavy atom. The number of aliphatic hydroxyl groups excluding tert-OH is 1. The molecule has 1 unspecified atom stereocenters. The molecule has 1 aromatic rings. The van der Waals surface area contributed by atoms with Crippen molar-refractivity contribution in [2.45, 2.75) is 25.9 Å². The van der Waals surface area contributed by atoms with Gasteiger partial charge >= 0.3 is 5.97 Å². The first kappa shape index (κ1) is 13.5. The van der Waals surface area contributed by atoms with Crippen molar-refractivity contribution in [3.05, 3.63) is 29.8 Å². The molecule has 17 heavy (non-hydrogen) atoms. The standard InChI is InChI=1S/C13H18O4/c1-10(14)11-6-3-4-7-12(11)17-9-5-8-13(15)16-2/h3-4,6-7,10,14H,5,8-9H2,1-2H3. The second kappa shape index (κ2) is 6.91. The molecular weight excluding hydrogens is 220 g/mol. The Kier molecular flexibility index (Phi) is 5.49. The van der Waals surface area contributed by atoms with Gasteiger partial charge in [0.05, 0.1) is 19.8 Å². The second-order valence-corrected chi connectivity index (χ2v) is 3.74. The molecule has 0 heterocycles. The molecule has 0 fully saturated rings. The molecule has 0 saturated carbocycles. The molecule has 0 radical (unpaired) electrons. The van der Waals surface area contributed by atoms with E-state index in [2.05, 4.69) is 4.74 Å². The van der Waals surface area contributed by atoms with Crippen LogP contribution in [0.1, 0.15) is 31.4 Å². The maximum Gasteiger partial charge on any atom is 0.305 e. The summed E-state index contributed by atoms with van der Waals surface area (Å²) in [6, 6.07) is 7.32. The van der Waals surface area contributed by atoms with Crippen LogP contribution in [0.4, 0.5) is 0 Å². The highest BCUT2D eigenvalue weighted by atomic mass is 16.5. The molecule has 0 spiro atoms. The Morgan fingerprint density at radius 2 is 2.12 bits per heavy atom. The summed E-state index contributed by atoms with van der Waals surface area (Å²) in [6.45, 7) is 2.12. The van der Waals surface area contributed by atoms with Crippen LogP contribution in [0.5, 0.6) is 5.75 Å². The highest BCUT2D eigenvalue weighted by Gasteiger charge is 2.08. The van der Waals surface area contributed by atoms with Gasteiger partial charge in [0, 0.05) is 12.0 Å². The number of hydrogen-bond donors (Lipinski definition) is 1. The van der Waals surface area contributed by atoms with Crippen molar-refractivity contribution in [2.75, 3.05) is 13.7 Å². The van der Waals surface area contributed by atoms with E-state index in [4.69, 9.17) is 4.74 Å². The Hall–Kier alpha value is -1.55. The summed E-state index contributed by atoms with van der Waals surface area (Å²) in [6.07, 6.45) is 0.376. The summed E-state index contributed by atoms with van der Waals surface area (Å²) in [5.41, 5.74) is 0.755. The van der Waals surface area contributed by atoms with Crippen molar-refractivity contribution >= 4 is 5.97 Å². The predicted molar refractivity (Wildman–Crippen MR) is 63.8 cm³/mol. The zero-order chi connectivity index (χ0) is 12.7. The van der Waals surface area contributed by atoms with Gasteiger partial charge in [-0.05, 0) is 19.4 Å². The normalized spacial score (nSPS) is 11.9. The number of carbonyl (C=O) groups is 1. The second-order valence-electron chi connectivity index (χ2n) is 3.74.